The minimum absolute atomic E-state index is 0.1000. The number of alkyl halides is 3. The third kappa shape index (κ3) is 4.55. The van der Waals surface area contributed by atoms with Gasteiger partial charge in [-0.2, -0.15) is 13.2 Å². The van der Waals surface area contributed by atoms with Crippen molar-refractivity contribution in [3.8, 4) is 0 Å². The standard InChI is InChI=1S/C13H16F3NO2/c1-8(2)7-17-11(12(18)19)9-4-3-5-10(6-9)13(14,15)16/h3-6,8,11,17H,7H2,1-2H3,(H,18,19). The molecule has 1 unspecified atom stereocenters. The molecule has 1 aromatic carbocycles. The van der Waals surface area contributed by atoms with Gasteiger partial charge in [0.2, 0.25) is 0 Å². The second-order valence-corrected chi connectivity index (χ2v) is 4.70. The number of hydrogen-bond acceptors (Lipinski definition) is 2. The number of benzene rings is 1. The largest absolute Gasteiger partial charge is 0.480 e. The van der Waals surface area contributed by atoms with Crippen molar-refractivity contribution in [3.63, 3.8) is 0 Å². The van der Waals surface area contributed by atoms with Gasteiger partial charge in [-0.25, -0.2) is 0 Å². The minimum Gasteiger partial charge on any atom is -0.480 e. The summed E-state index contributed by atoms with van der Waals surface area (Å²) in [6, 6.07) is 3.24. The molecule has 1 aromatic rings. The van der Waals surface area contributed by atoms with Gasteiger partial charge in [0.25, 0.3) is 0 Å². The lowest BCUT2D eigenvalue weighted by atomic mass is 10.0. The van der Waals surface area contributed by atoms with Crippen LogP contribution in [0, 0.1) is 5.92 Å². The second-order valence-electron chi connectivity index (χ2n) is 4.70. The van der Waals surface area contributed by atoms with Gasteiger partial charge < -0.3 is 10.4 Å². The van der Waals surface area contributed by atoms with Crippen LogP contribution < -0.4 is 5.32 Å². The van der Waals surface area contributed by atoms with Crippen molar-refractivity contribution in [1.29, 1.82) is 0 Å². The lowest BCUT2D eigenvalue weighted by Crippen LogP contribution is -2.31. The first-order chi connectivity index (χ1) is 8.71. The van der Waals surface area contributed by atoms with Crippen LogP contribution in [0.5, 0.6) is 0 Å². The summed E-state index contributed by atoms with van der Waals surface area (Å²) in [5, 5.41) is 11.8. The van der Waals surface area contributed by atoms with Gasteiger partial charge in [-0.1, -0.05) is 26.0 Å². The zero-order valence-corrected chi connectivity index (χ0v) is 10.7. The molecule has 6 heteroatoms. The Morgan fingerprint density at radius 3 is 2.47 bits per heavy atom. The highest BCUT2D eigenvalue weighted by Gasteiger charge is 2.31. The summed E-state index contributed by atoms with van der Waals surface area (Å²) in [6.45, 7) is 4.18. The zero-order valence-electron chi connectivity index (χ0n) is 10.7. The maximum atomic E-state index is 12.6. The SMILES string of the molecule is CC(C)CNC(C(=O)O)c1cccc(C(F)(F)F)c1. The molecule has 0 aromatic heterocycles. The topological polar surface area (TPSA) is 49.3 Å². The molecule has 0 fully saturated rings. The van der Waals surface area contributed by atoms with Crippen LogP contribution in [0.4, 0.5) is 13.2 Å². The fourth-order valence-electron chi connectivity index (χ4n) is 1.60. The summed E-state index contributed by atoms with van der Waals surface area (Å²) in [5.74, 6) is -0.993. The molecular weight excluding hydrogens is 259 g/mol. The van der Waals surface area contributed by atoms with E-state index in [-0.39, 0.29) is 11.5 Å². The monoisotopic (exact) mass is 275 g/mol. The molecule has 0 saturated heterocycles. The molecule has 1 rings (SSSR count). The predicted molar refractivity (Wildman–Crippen MR) is 64.7 cm³/mol. The van der Waals surface area contributed by atoms with Crippen LogP contribution in [-0.2, 0) is 11.0 Å². The van der Waals surface area contributed by atoms with Crippen LogP contribution in [0.3, 0.4) is 0 Å². The van der Waals surface area contributed by atoms with Crippen molar-refractivity contribution in [1.82, 2.24) is 5.32 Å². The van der Waals surface area contributed by atoms with Gasteiger partial charge in [0.05, 0.1) is 5.56 Å². The summed E-state index contributed by atoms with van der Waals surface area (Å²) in [6.07, 6.45) is -4.48. The molecule has 106 valence electrons. The lowest BCUT2D eigenvalue weighted by Gasteiger charge is -2.17. The summed E-state index contributed by atoms with van der Waals surface area (Å²) in [5.41, 5.74) is -0.745. The van der Waals surface area contributed by atoms with Crippen molar-refractivity contribution >= 4 is 5.97 Å². The average molecular weight is 275 g/mol. The number of carbonyl (C=O) groups is 1. The Kier molecular flexibility index (Phi) is 4.94. The van der Waals surface area contributed by atoms with E-state index in [1.165, 1.54) is 12.1 Å². The van der Waals surface area contributed by atoms with E-state index < -0.39 is 23.8 Å². The Hall–Kier alpha value is -1.56. The number of halogens is 3. The fourth-order valence-corrected chi connectivity index (χ4v) is 1.60. The quantitative estimate of drug-likeness (QED) is 0.868. The Morgan fingerprint density at radius 1 is 1.37 bits per heavy atom. The van der Waals surface area contributed by atoms with Crippen LogP contribution in [0.1, 0.15) is 31.0 Å². The van der Waals surface area contributed by atoms with Crippen LogP contribution in [0.15, 0.2) is 24.3 Å². The molecule has 0 aliphatic rings. The summed E-state index contributed by atoms with van der Waals surface area (Å²) >= 11 is 0. The number of carboxylic acids is 1. The van der Waals surface area contributed by atoms with E-state index in [0.717, 1.165) is 12.1 Å². The first-order valence-corrected chi connectivity index (χ1v) is 5.85. The van der Waals surface area contributed by atoms with E-state index in [9.17, 15) is 18.0 Å². The van der Waals surface area contributed by atoms with Gasteiger partial charge in [0, 0.05) is 0 Å². The van der Waals surface area contributed by atoms with Gasteiger partial charge in [-0.15, -0.1) is 0 Å². The number of rotatable bonds is 5. The molecule has 19 heavy (non-hydrogen) atoms. The third-order valence-electron chi connectivity index (χ3n) is 2.52. The van der Waals surface area contributed by atoms with E-state index >= 15 is 0 Å². The maximum absolute atomic E-state index is 12.6. The minimum atomic E-state index is -4.48. The summed E-state index contributed by atoms with van der Waals surface area (Å²) < 4.78 is 37.7. The highest BCUT2D eigenvalue weighted by atomic mass is 19.4. The molecule has 3 nitrogen and oxygen atoms in total. The highest BCUT2D eigenvalue weighted by Crippen LogP contribution is 2.30. The molecule has 0 saturated carbocycles. The van der Waals surface area contributed by atoms with E-state index in [1.54, 1.807) is 0 Å². The van der Waals surface area contributed by atoms with Gasteiger partial charge in [0.1, 0.15) is 6.04 Å². The van der Waals surface area contributed by atoms with Gasteiger partial charge in [0.15, 0.2) is 0 Å². The molecule has 0 bridgehead atoms. The summed E-state index contributed by atoms with van der Waals surface area (Å²) in [4.78, 5) is 11.1. The molecule has 0 radical (unpaired) electrons. The van der Waals surface area contributed by atoms with E-state index in [2.05, 4.69) is 5.32 Å². The van der Waals surface area contributed by atoms with E-state index in [4.69, 9.17) is 5.11 Å². The van der Waals surface area contributed by atoms with Crippen LogP contribution in [0.25, 0.3) is 0 Å². The predicted octanol–water partition coefficient (Wildman–Crippen LogP) is 3.08. The van der Waals surface area contributed by atoms with Gasteiger partial charge >= 0.3 is 12.1 Å². The number of aliphatic carboxylic acids is 1. The number of nitrogens with one attached hydrogen (secondary N) is 1. The van der Waals surface area contributed by atoms with Crippen molar-refractivity contribution < 1.29 is 23.1 Å². The number of carboxylic acid groups (broad SMARTS) is 1. The van der Waals surface area contributed by atoms with Crippen molar-refractivity contribution in [2.24, 2.45) is 5.92 Å². The van der Waals surface area contributed by atoms with E-state index in [1.807, 2.05) is 13.8 Å². The molecule has 0 heterocycles. The lowest BCUT2D eigenvalue weighted by molar-refractivity contribution is -0.140. The third-order valence-corrected chi connectivity index (χ3v) is 2.52. The zero-order chi connectivity index (χ0) is 14.6. The molecule has 0 amide bonds. The Balaban J connectivity index is 3.00. The van der Waals surface area contributed by atoms with Crippen molar-refractivity contribution in [2.45, 2.75) is 26.1 Å². The molecule has 1 atom stereocenters. The average Bonchev–Trinajstić information content (AvgIpc) is 2.27. The van der Waals surface area contributed by atoms with Crippen molar-refractivity contribution in [3.05, 3.63) is 35.4 Å². The molecule has 0 spiro atoms. The van der Waals surface area contributed by atoms with Crippen LogP contribution in [0.2, 0.25) is 0 Å². The highest BCUT2D eigenvalue weighted by molar-refractivity contribution is 5.75. The normalized spacial score (nSPS) is 13.6. The second kappa shape index (κ2) is 6.06. The first-order valence-electron chi connectivity index (χ1n) is 5.85. The van der Waals surface area contributed by atoms with E-state index in [0.29, 0.717) is 6.54 Å². The summed E-state index contributed by atoms with van der Waals surface area (Å²) in [7, 11) is 0. The molecule has 0 aliphatic heterocycles. The smallest absolute Gasteiger partial charge is 0.416 e. The van der Waals surface area contributed by atoms with Gasteiger partial charge in [-0.3, -0.25) is 4.79 Å². The van der Waals surface area contributed by atoms with Crippen molar-refractivity contribution in [2.75, 3.05) is 6.54 Å². The Bertz CT molecular complexity index is 444. The van der Waals surface area contributed by atoms with Crippen LogP contribution in [-0.4, -0.2) is 17.6 Å². The Morgan fingerprint density at radius 2 is 2.00 bits per heavy atom. The molecule has 0 aliphatic carbocycles. The molecule has 2 N–H and O–H groups in total. The Labute approximate surface area is 109 Å². The fraction of sp³-hybridized carbons (Fsp3) is 0.462. The number of hydrogen-bond donors (Lipinski definition) is 2. The maximum Gasteiger partial charge on any atom is 0.416 e. The van der Waals surface area contributed by atoms with Gasteiger partial charge in [-0.05, 0) is 30.2 Å². The molecular formula is C13H16F3NO2. The first kappa shape index (κ1) is 15.5. The van der Waals surface area contributed by atoms with Crippen LogP contribution >= 0.6 is 0 Å².